The van der Waals surface area contributed by atoms with Gasteiger partial charge in [-0.25, -0.2) is 4.79 Å². The number of hydrogen-bond acceptors (Lipinski definition) is 5. The van der Waals surface area contributed by atoms with Crippen LogP contribution in [0, 0.1) is 0 Å². The minimum Gasteiger partial charge on any atom is -0.463 e. The summed E-state index contributed by atoms with van der Waals surface area (Å²) in [6, 6.07) is 22.2. The third-order valence-electron chi connectivity index (χ3n) is 6.23. The lowest BCUT2D eigenvalue weighted by molar-refractivity contribution is -0.140. The van der Waals surface area contributed by atoms with Crippen LogP contribution in [0.25, 0.3) is 0 Å². The predicted octanol–water partition coefficient (Wildman–Crippen LogP) is 4.36. The highest BCUT2D eigenvalue weighted by molar-refractivity contribution is 5.96. The Labute approximate surface area is 210 Å². The second kappa shape index (κ2) is 11.4. The van der Waals surface area contributed by atoms with Crippen LogP contribution in [0.5, 0.6) is 0 Å². The van der Waals surface area contributed by atoms with Gasteiger partial charge < -0.3 is 15.0 Å². The van der Waals surface area contributed by atoms with Gasteiger partial charge in [-0.1, -0.05) is 48.5 Å². The van der Waals surface area contributed by atoms with Gasteiger partial charge in [0.2, 0.25) is 5.91 Å². The SMILES string of the molecule is CCOC(=O)C1=C(C)N(Cc2ccc(C(=O)NCc3ccccn3)cc2)C(=O)CC1c1ccccc1. The van der Waals surface area contributed by atoms with Gasteiger partial charge in [-0.15, -0.1) is 0 Å². The summed E-state index contributed by atoms with van der Waals surface area (Å²) in [5.74, 6) is -1.01. The Balaban J connectivity index is 1.51. The number of aromatic nitrogens is 1. The molecule has 0 saturated heterocycles. The second-order valence-corrected chi connectivity index (χ2v) is 8.57. The van der Waals surface area contributed by atoms with E-state index < -0.39 is 5.97 Å². The molecule has 2 aromatic carbocycles. The number of pyridine rings is 1. The number of amides is 2. The van der Waals surface area contributed by atoms with E-state index in [9.17, 15) is 14.4 Å². The van der Waals surface area contributed by atoms with Crippen molar-refractivity contribution < 1.29 is 19.1 Å². The summed E-state index contributed by atoms with van der Waals surface area (Å²) in [6.45, 7) is 4.45. The molecule has 184 valence electrons. The van der Waals surface area contributed by atoms with Crippen molar-refractivity contribution in [3.05, 3.63) is 113 Å². The molecule has 2 amide bonds. The standard InChI is InChI=1S/C29H29N3O4/c1-3-36-29(35)27-20(2)32(26(33)17-25(27)22-9-5-4-6-10-22)19-21-12-14-23(15-13-21)28(34)31-18-24-11-7-8-16-30-24/h4-16,25H,3,17-19H2,1-2H3,(H,31,34). The van der Waals surface area contributed by atoms with Crippen LogP contribution < -0.4 is 5.32 Å². The molecule has 7 heteroatoms. The summed E-state index contributed by atoms with van der Waals surface area (Å²) in [5, 5.41) is 2.86. The van der Waals surface area contributed by atoms with Gasteiger partial charge in [0.05, 0.1) is 31.0 Å². The molecule has 0 fully saturated rings. The van der Waals surface area contributed by atoms with Gasteiger partial charge in [0.1, 0.15) is 0 Å². The molecule has 0 spiro atoms. The number of carbonyl (C=O) groups is 3. The van der Waals surface area contributed by atoms with Crippen LogP contribution in [-0.4, -0.2) is 34.3 Å². The summed E-state index contributed by atoms with van der Waals surface area (Å²) < 4.78 is 5.35. The van der Waals surface area contributed by atoms with E-state index in [1.165, 1.54) is 0 Å². The van der Waals surface area contributed by atoms with E-state index >= 15 is 0 Å². The molecule has 0 bridgehead atoms. The van der Waals surface area contributed by atoms with Crippen molar-refractivity contribution in [3.8, 4) is 0 Å². The van der Waals surface area contributed by atoms with E-state index in [-0.39, 0.29) is 30.8 Å². The molecular weight excluding hydrogens is 454 g/mol. The van der Waals surface area contributed by atoms with E-state index in [1.807, 2.05) is 60.7 Å². The number of esters is 1. The van der Waals surface area contributed by atoms with Crippen molar-refractivity contribution in [1.82, 2.24) is 15.2 Å². The highest BCUT2D eigenvalue weighted by Gasteiger charge is 2.36. The Morgan fingerprint density at radius 2 is 1.75 bits per heavy atom. The Hall–Kier alpha value is -4.26. The van der Waals surface area contributed by atoms with Crippen LogP contribution in [0.2, 0.25) is 0 Å². The average molecular weight is 484 g/mol. The zero-order valence-corrected chi connectivity index (χ0v) is 20.4. The van der Waals surface area contributed by atoms with Crippen LogP contribution in [-0.2, 0) is 27.4 Å². The van der Waals surface area contributed by atoms with E-state index in [4.69, 9.17) is 4.74 Å². The monoisotopic (exact) mass is 483 g/mol. The molecule has 1 aromatic heterocycles. The number of ether oxygens (including phenoxy) is 1. The van der Waals surface area contributed by atoms with Crippen molar-refractivity contribution in [2.75, 3.05) is 6.61 Å². The van der Waals surface area contributed by atoms with Gasteiger partial charge in [-0.3, -0.25) is 14.6 Å². The number of nitrogens with zero attached hydrogens (tertiary/aromatic N) is 2. The molecule has 4 rings (SSSR count). The molecule has 7 nitrogen and oxygen atoms in total. The van der Waals surface area contributed by atoms with Crippen LogP contribution in [0.1, 0.15) is 53.4 Å². The molecule has 1 unspecified atom stereocenters. The molecule has 1 atom stereocenters. The third kappa shape index (κ3) is 5.68. The van der Waals surface area contributed by atoms with Crippen LogP contribution in [0.15, 0.2) is 90.3 Å². The second-order valence-electron chi connectivity index (χ2n) is 8.57. The zero-order chi connectivity index (χ0) is 25.5. The fourth-order valence-electron chi connectivity index (χ4n) is 4.37. The predicted molar refractivity (Wildman–Crippen MR) is 136 cm³/mol. The molecule has 3 aromatic rings. The minimum atomic E-state index is -0.402. The summed E-state index contributed by atoms with van der Waals surface area (Å²) >= 11 is 0. The smallest absolute Gasteiger partial charge is 0.336 e. The third-order valence-corrected chi connectivity index (χ3v) is 6.23. The van der Waals surface area contributed by atoms with E-state index in [0.29, 0.717) is 29.9 Å². The molecule has 0 saturated carbocycles. The molecule has 0 radical (unpaired) electrons. The van der Waals surface area contributed by atoms with E-state index in [2.05, 4.69) is 10.3 Å². The fourth-order valence-corrected chi connectivity index (χ4v) is 4.37. The molecule has 0 aliphatic carbocycles. The Morgan fingerprint density at radius 1 is 1.03 bits per heavy atom. The Bertz CT molecular complexity index is 1250. The van der Waals surface area contributed by atoms with Gasteiger partial charge in [0.25, 0.3) is 5.91 Å². The zero-order valence-electron chi connectivity index (χ0n) is 20.4. The first-order chi connectivity index (χ1) is 17.5. The maximum absolute atomic E-state index is 13.2. The number of nitrogens with one attached hydrogen (secondary N) is 1. The molecule has 1 aliphatic rings. The molecule has 36 heavy (non-hydrogen) atoms. The van der Waals surface area contributed by atoms with Crippen LogP contribution >= 0.6 is 0 Å². The summed E-state index contributed by atoms with van der Waals surface area (Å²) in [6.07, 6.45) is 1.87. The Kier molecular flexibility index (Phi) is 7.90. The lowest BCUT2D eigenvalue weighted by Gasteiger charge is -2.34. The molecular formula is C29H29N3O4. The van der Waals surface area contributed by atoms with Crippen molar-refractivity contribution in [2.24, 2.45) is 0 Å². The maximum atomic E-state index is 13.2. The summed E-state index contributed by atoms with van der Waals surface area (Å²) in [7, 11) is 0. The van der Waals surface area contributed by atoms with Crippen molar-refractivity contribution in [3.63, 3.8) is 0 Å². The molecule has 1 aliphatic heterocycles. The first-order valence-electron chi connectivity index (χ1n) is 12.0. The first kappa shape index (κ1) is 24.9. The topological polar surface area (TPSA) is 88.6 Å². The molecule has 1 N–H and O–H groups in total. The van der Waals surface area contributed by atoms with Gasteiger partial charge in [0, 0.05) is 29.8 Å². The lowest BCUT2D eigenvalue weighted by atomic mass is 9.83. The largest absolute Gasteiger partial charge is 0.463 e. The first-order valence-corrected chi connectivity index (χ1v) is 12.0. The maximum Gasteiger partial charge on any atom is 0.336 e. The number of allylic oxidation sites excluding steroid dienone is 1. The number of hydrogen-bond donors (Lipinski definition) is 1. The van der Waals surface area contributed by atoms with Gasteiger partial charge in [-0.05, 0) is 49.2 Å². The van der Waals surface area contributed by atoms with Gasteiger partial charge in [-0.2, -0.15) is 0 Å². The molecule has 2 heterocycles. The van der Waals surface area contributed by atoms with Crippen LogP contribution in [0.4, 0.5) is 0 Å². The highest BCUT2D eigenvalue weighted by Crippen LogP contribution is 2.37. The van der Waals surface area contributed by atoms with E-state index in [0.717, 1.165) is 16.8 Å². The quantitative estimate of drug-likeness (QED) is 0.481. The van der Waals surface area contributed by atoms with Crippen molar-refractivity contribution in [1.29, 1.82) is 0 Å². The average Bonchev–Trinajstić information content (AvgIpc) is 2.91. The van der Waals surface area contributed by atoms with Crippen LogP contribution in [0.3, 0.4) is 0 Å². The number of benzene rings is 2. The van der Waals surface area contributed by atoms with Gasteiger partial charge in [0.15, 0.2) is 0 Å². The fraction of sp³-hybridized carbons (Fsp3) is 0.241. The summed E-state index contributed by atoms with van der Waals surface area (Å²) in [5.41, 5.74) is 4.16. The van der Waals surface area contributed by atoms with Crippen molar-refractivity contribution >= 4 is 17.8 Å². The highest BCUT2D eigenvalue weighted by atomic mass is 16.5. The number of carbonyl (C=O) groups excluding carboxylic acids is 3. The summed E-state index contributed by atoms with van der Waals surface area (Å²) in [4.78, 5) is 44.4. The lowest BCUT2D eigenvalue weighted by Crippen LogP contribution is -2.38. The van der Waals surface area contributed by atoms with Gasteiger partial charge >= 0.3 is 5.97 Å². The Morgan fingerprint density at radius 3 is 2.42 bits per heavy atom. The number of rotatable bonds is 8. The van der Waals surface area contributed by atoms with Crippen molar-refractivity contribution in [2.45, 2.75) is 39.3 Å². The van der Waals surface area contributed by atoms with E-state index in [1.54, 1.807) is 37.1 Å². The minimum absolute atomic E-state index is 0.0633. The normalized spacial score (nSPS) is 15.6.